The lowest BCUT2D eigenvalue weighted by molar-refractivity contribution is 0.715. The molecule has 0 aliphatic rings. The SMILES string of the molecule is Cc1ccc(C(CCc2cc[c]cc2)c2ccc(C)cc2)cc1. The molecule has 0 atom stereocenters. The summed E-state index contributed by atoms with van der Waals surface area (Å²) >= 11 is 0. The Hall–Kier alpha value is -2.34. The average molecular weight is 299 g/mol. The van der Waals surface area contributed by atoms with E-state index in [0.717, 1.165) is 12.8 Å². The van der Waals surface area contributed by atoms with E-state index in [1.54, 1.807) is 0 Å². The zero-order chi connectivity index (χ0) is 16.1. The lowest BCUT2D eigenvalue weighted by Crippen LogP contribution is -2.03. The highest BCUT2D eigenvalue weighted by Crippen LogP contribution is 2.30. The van der Waals surface area contributed by atoms with Gasteiger partial charge in [-0.25, -0.2) is 0 Å². The van der Waals surface area contributed by atoms with Crippen LogP contribution in [0.1, 0.15) is 40.2 Å². The Labute approximate surface area is 139 Å². The van der Waals surface area contributed by atoms with Crippen molar-refractivity contribution < 1.29 is 0 Å². The number of hydrogen-bond donors (Lipinski definition) is 0. The molecule has 0 aromatic heterocycles. The molecule has 0 unspecified atom stereocenters. The van der Waals surface area contributed by atoms with Gasteiger partial charge in [0, 0.05) is 5.92 Å². The van der Waals surface area contributed by atoms with Crippen molar-refractivity contribution in [2.45, 2.75) is 32.6 Å². The molecule has 0 fully saturated rings. The molecule has 0 aliphatic carbocycles. The van der Waals surface area contributed by atoms with Gasteiger partial charge in [0.05, 0.1) is 0 Å². The lowest BCUT2D eigenvalue weighted by atomic mass is 9.86. The van der Waals surface area contributed by atoms with Crippen molar-refractivity contribution in [3.63, 3.8) is 0 Å². The molecule has 0 amide bonds. The molecule has 0 saturated heterocycles. The fraction of sp³-hybridized carbons (Fsp3) is 0.217. The second kappa shape index (κ2) is 7.28. The van der Waals surface area contributed by atoms with Crippen molar-refractivity contribution >= 4 is 0 Å². The van der Waals surface area contributed by atoms with Gasteiger partial charge in [-0.3, -0.25) is 0 Å². The molecule has 23 heavy (non-hydrogen) atoms. The first-order chi connectivity index (χ1) is 11.2. The van der Waals surface area contributed by atoms with E-state index in [4.69, 9.17) is 0 Å². The Bertz CT molecular complexity index is 676. The molecule has 0 heterocycles. The van der Waals surface area contributed by atoms with Crippen molar-refractivity contribution in [1.82, 2.24) is 0 Å². The number of aryl methyl sites for hydroxylation is 3. The number of benzene rings is 3. The Morgan fingerprint density at radius 1 is 0.696 bits per heavy atom. The molecule has 0 bridgehead atoms. The van der Waals surface area contributed by atoms with E-state index in [9.17, 15) is 0 Å². The van der Waals surface area contributed by atoms with Crippen molar-refractivity contribution in [2.75, 3.05) is 0 Å². The molecule has 0 saturated carbocycles. The Morgan fingerprint density at radius 3 is 1.65 bits per heavy atom. The van der Waals surface area contributed by atoms with Gasteiger partial charge in [-0.1, -0.05) is 83.9 Å². The lowest BCUT2D eigenvalue weighted by Gasteiger charge is -2.19. The van der Waals surface area contributed by atoms with Crippen LogP contribution >= 0.6 is 0 Å². The van der Waals surface area contributed by atoms with E-state index in [1.165, 1.54) is 27.8 Å². The largest absolute Gasteiger partial charge is 0.0590 e. The van der Waals surface area contributed by atoms with Gasteiger partial charge in [-0.2, -0.15) is 0 Å². The Morgan fingerprint density at radius 2 is 1.17 bits per heavy atom. The maximum absolute atomic E-state index is 3.10. The maximum atomic E-state index is 3.10. The molecule has 3 aromatic rings. The van der Waals surface area contributed by atoms with Gasteiger partial charge in [-0.15, -0.1) is 0 Å². The zero-order valence-electron chi connectivity index (χ0n) is 13.9. The average Bonchev–Trinajstić information content (AvgIpc) is 2.59. The molecule has 1 radical (unpaired) electrons. The van der Waals surface area contributed by atoms with Crippen LogP contribution in [-0.4, -0.2) is 0 Å². The molecule has 0 aliphatic heterocycles. The smallest absolute Gasteiger partial charge is 0.00925 e. The van der Waals surface area contributed by atoms with Crippen LogP contribution in [0.3, 0.4) is 0 Å². The molecule has 3 rings (SSSR count). The monoisotopic (exact) mass is 299 g/mol. The van der Waals surface area contributed by atoms with E-state index in [-0.39, 0.29) is 0 Å². The number of rotatable bonds is 5. The van der Waals surface area contributed by atoms with Crippen LogP contribution in [0.5, 0.6) is 0 Å². The quantitative estimate of drug-likeness (QED) is 0.553. The molecule has 0 heteroatoms. The van der Waals surface area contributed by atoms with Gasteiger partial charge in [0.25, 0.3) is 0 Å². The minimum atomic E-state index is 0.445. The Kier molecular flexibility index (Phi) is 4.92. The van der Waals surface area contributed by atoms with E-state index >= 15 is 0 Å². The summed E-state index contributed by atoms with van der Waals surface area (Å²) in [6, 6.07) is 29.4. The van der Waals surface area contributed by atoms with E-state index in [1.807, 2.05) is 12.1 Å². The van der Waals surface area contributed by atoms with E-state index in [0.29, 0.717) is 5.92 Å². The maximum Gasteiger partial charge on any atom is 0.00925 e. The third kappa shape index (κ3) is 4.10. The molecular weight excluding hydrogens is 276 g/mol. The zero-order valence-corrected chi connectivity index (χ0v) is 13.9. The van der Waals surface area contributed by atoms with Crippen LogP contribution in [0.4, 0.5) is 0 Å². The topological polar surface area (TPSA) is 0 Å². The molecular formula is C23H23. The summed E-state index contributed by atoms with van der Waals surface area (Å²) in [6.07, 6.45) is 2.21. The van der Waals surface area contributed by atoms with Crippen LogP contribution < -0.4 is 0 Å². The molecule has 115 valence electrons. The van der Waals surface area contributed by atoms with Crippen LogP contribution in [0.15, 0.2) is 72.8 Å². The van der Waals surface area contributed by atoms with Gasteiger partial charge in [-0.05, 0) is 49.4 Å². The summed E-state index contributed by atoms with van der Waals surface area (Å²) < 4.78 is 0. The fourth-order valence-corrected chi connectivity index (χ4v) is 3.02. The van der Waals surface area contributed by atoms with Crippen molar-refractivity contribution in [1.29, 1.82) is 0 Å². The summed E-state index contributed by atoms with van der Waals surface area (Å²) in [5.74, 6) is 0.445. The third-order valence-electron chi connectivity index (χ3n) is 4.47. The Balaban J connectivity index is 1.86. The highest BCUT2D eigenvalue weighted by atomic mass is 14.2. The standard InChI is InChI=1S/C23H23/c1-18-8-13-21(14-9-18)23(22-15-10-19(2)11-16-22)17-12-20-6-4-3-5-7-20/h4-11,13-16,23H,12,17H2,1-2H3. The second-order valence-electron chi connectivity index (χ2n) is 6.32. The van der Waals surface area contributed by atoms with Crippen LogP contribution in [0.2, 0.25) is 0 Å². The van der Waals surface area contributed by atoms with E-state index < -0.39 is 0 Å². The third-order valence-corrected chi connectivity index (χ3v) is 4.47. The molecule has 0 N–H and O–H groups in total. The molecule has 0 nitrogen and oxygen atoms in total. The summed E-state index contributed by atoms with van der Waals surface area (Å²) in [6.45, 7) is 4.29. The minimum absolute atomic E-state index is 0.445. The second-order valence-corrected chi connectivity index (χ2v) is 6.32. The van der Waals surface area contributed by atoms with Gasteiger partial charge in [0.15, 0.2) is 0 Å². The first-order valence-electron chi connectivity index (χ1n) is 8.30. The van der Waals surface area contributed by atoms with Crippen molar-refractivity contribution in [3.05, 3.63) is 107 Å². The summed E-state index contributed by atoms with van der Waals surface area (Å²) in [7, 11) is 0. The van der Waals surface area contributed by atoms with E-state index in [2.05, 4.69) is 80.6 Å². The molecule has 0 spiro atoms. The van der Waals surface area contributed by atoms with Crippen molar-refractivity contribution in [3.8, 4) is 0 Å². The van der Waals surface area contributed by atoms with Crippen LogP contribution in [0, 0.1) is 19.9 Å². The van der Waals surface area contributed by atoms with Gasteiger partial charge in [0.2, 0.25) is 0 Å². The predicted octanol–water partition coefficient (Wildman–Crippen LogP) is 5.87. The van der Waals surface area contributed by atoms with Gasteiger partial charge in [0.1, 0.15) is 0 Å². The summed E-state index contributed by atoms with van der Waals surface area (Å²) in [5.41, 5.74) is 6.82. The normalized spacial score (nSPS) is 10.9. The first kappa shape index (κ1) is 15.6. The van der Waals surface area contributed by atoms with Gasteiger partial charge >= 0.3 is 0 Å². The van der Waals surface area contributed by atoms with Crippen molar-refractivity contribution in [2.24, 2.45) is 0 Å². The highest BCUT2D eigenvalue weighted by Gasteiger charge is 2.14. The minimum Gasteiger partial charge on any atom is -0.0590 e. The van der Waals surface area contributed by atoms with Gasteiger partial charge < -0.3 is 0 Å². The van der Waals surface area contributed by atoms with Crippen LogP contribution in [0.25, 0.3) is 0 Å². The summed E-state index contributed by atoms with van der Waals surface area (Å²) in [4.78, 5) is 0. The van der Waals surface area contributed by atoms with Crippen LogP contribution in [-0.2, 0) is 6.42 Å². The molecule has 3 aromatic carbocycles. The number of hydrogen-bond acceptors (Lipinski definition) is 0. The summed E-state index contributed by atoms with van der Waals surface area (Å²) in [5, 5.41) is 0. The fourth-order valence-electron chi connectivity index (χ4n) is 3.02. The first-order valence-corrected chi connectivity index (χ1v) is 8.30. The predicted molar refractivity (Wildman–Crippen MR) is 97.8 cm³/mol. The highest BCUT2D eigenvalue weighted by molar-refractivity contribution is 5.35.